The molecule has 13 heavy (non-hydrogen) atoms. The second-order valence-electron chi connectivity index (χ2n) is 2.36. The molecule has 0 fully saturated rings. The lowest BCUT2D eigenvalue weighted by Gasteiger charge is -1.87. The van der Waals surface area contributed by atoms with Gasteiger partial charge in [-0.1, -0.05) is 6.07 Å². The monoisotopic (exact) mass is 173 g/mol. The molecule has 0 unspecified atom stereocenters. The zero-order valence-corrected chi connectivity index (χ0v) is 6.79. The second kappa shape index (κ2) is 3.62. The van der Waals surface area contributed by atoms with Crippen molar-refractivity contribution in [2.75, 3.05) is 0 Å². The lowest BCUT2D eigenvalue weighted by Crippen LogP contribution is -1.76. The van der Waals surface area contributed by atoms with Crippen molar-refractivity contribution >= 4 is 12.2 Å². The van der Waals surface area contributed by atoms with E-state index in [-0.39, 0.29) is 0 Å². The van der Waals surface area contributed by atoms with Gasteiger partial charge in [0.15, 0.2) is 0 Å². The third kappa shape index (κ3) is 1.99. The summed E-state index contributed by atoms with van der Waals surface area (Å²) < 4.78 is 4.92. The second-order valence-corrected chi connectivity index (χ2v) is 2.36. The zero-order chi connectivity index (χ0) is 8.93. The highest BCUT2D eigenvalue weighted by atomic mass is 16.4. The number of hydrogen-bond donors (Lipinski definition) is 0. The predicted octanol–water partition coefficient (Wildman–Crippen LogP) is 1.64. The highest BCUT2D eigenvalue weighted by Crippen LogP contribution is 2.01. The molecule has 0 saturated carbocycles. The Morgan fingerprint density at radius 1 is 1.23 bits per heavy atom. The molecule has 2 heterocycles. The van der Waals surface area contributed by atoms with Crippen LogP contribution in [0.4, 0.5) is 0 Å². The minimum absolute atomic E-state index is 0.477. The van der Waals surface area contributed by atoms with E-state index in [2.05, 4.69) is 15.2 Å². The Balaban J connectivity index is 2.15. The number of rotatable bonds is 2. The van der Waals surface area contributed by atoms with Gasteiger partial charge in [-0.25, -0.2) is 0 Å². The van der Waals surface area contributed by atoms with Crippen molar-refractivity contribution < 1.29 is 4.42 Å². The van der Waals surface area contributed by atoms with Gasteiger partial charge in [0.1, 0.15) is 0 Å². The van der Waals surface area contributed by atoms with Gasteiger partial charge in [0.2, 0.25) is 12.3 Å². The van der Waals surface area contributed by atoms with Gasteiger partial charge in [-0.2, -0.15) is 0 Å². The lowest BCUT2D eigenvalue weighted by molar-refractivity contribution is 0.542. The maximum Gasteiger partial charge on any atom is 0.240 e. The van der Waals surface area contributed by atoms with E-state index in [9.17, 15) is 0 Å². The molecule has 0 aliphatic rings. The standard InChI is InChI=1S/C9H7N3O/c1-2-6-10-8(3-1)4-5-9-12-11-7-13-9/h1-7H. The van der Waals surface area contributed by atoms with Crippen molar-refractivity contribution in [3.8, 4) is 0 Å². The molecule has 0 aliphatic carbocycles. The minimum atomic E-state index is 0.477. The van der Waals surface area contributed by atoms with Gasteiger partial charge >= 0.3 is 0 Å². The first kappa shape index (κ1) is 7.67. The average molecular weight is 173 g/mol. The summed E-state index contributed by atoms with van der Waals surface area (Å²) in [5.74, 6) is 0.477. The summed E-state index contributed by atoms with van der Waals surface area (Å²) in [6.07, 6.45) is 6.55. The van der Waals surface area contributed by atoms with Crippen LogP contribution in [0.1, 0.15) is 11.6 Å². The third-order valence-electron chi connectivity index (χ3n) is 1.46. The smallest absolute Gasteiger partial charge is 0.240 e. The van der Waals surface area contributed by atoms with Crippen LogP contribution in [-0.4, -0.2) is 15.2 Å². The summed E-state index contributed by atoms with van der Waals surface area (Å²) in [5.41, 5.74) is 0.862. The Morgan fingerprint density at radius 2 is 2.23 bits per heavy atom. The molecule has 0 bridgehead atoms. The summed E-state index contributed by atoms with van der Waals surface area (Å²) in [4.78, 5) is 4.10. The molecule has 4 nitrogen and oxygen atoms in total. The largest absolute Gasteiger partial charge is 0.424 e. The van der Waals surface area contributed by atoms with Gasteiger partial charge in [0, 0.05) is 12.3 Å². The van der Waals surface area contributed by atoms with Gasteiger partial charge in [0.25, 0.3) is 0 Å². The summed E-state index contributed by atoms with van der Waals surface area (Å²) >= 11 is 0. The normalized spacial score (nSPS) is 10.8. The van der Waals surface area contributed by atoms with Crippen molar-refractivity contribution in [1.29, 1.82) is 0 Å². The molecule has 2 aromatic rings. The fourth-order valence-electron chi connectivity index (χ4n) is 0.885. The summed E-state index contributed by atoms with van der Waals surface area (Å²) in [5, 5.41) is 7.25. The molecule has 0 saturated heterocycles. The summed E-state index contributed by atoms with van der Waals surface area (Å²) in [7, 11) is 0. The minimum Gasteiger partial charge on any atom is -0.424 e. The SMILES string of the molecule is C(=Cc1nnco1)c1ccccn1. The van der Waals surface area contributed by atoms with E-state index in [1.807, 2.05) is 24.3 Å². The number of aromatic nitrogens is 3. The molecule has 0 atom stereocenters. The number of pyridine rings is 1. The van der Waals surface area contributed by atoms with Gasteiger partial charge in [-0.3, -0.25) is 4.98 Å². The lowest BCUT2D eigenvalue weighted by atomic mass is 10.3. The van der Waals surface area contributed by atoms with E-state index in [0.29, 0.717) is 5.89 Å². The fraction of sp³-hybridized carbons (Fsp3) is 0. The molecule has 0 amide bonds. The highest BCUT2D eigenvalue weighted by molar-refractivity contribution is 5.63. The predicted molar refractivity (Wildman–Crippen MR) is 47.5 cm³/mol. The summed E-state index contributed by atoms with van der Waals surface area (Å²) in [6.45, 7) is 0. The van der Waals surface area contributed by atoms with Crippen LogP contribution in [0.25, 0.3) is 12.2 Å². The number of nitrogens with zero attached hydrogens (tertiary/aromatic N) is 3. The Hall–Kier alpha value is -1.97. The first-order valence-electron chi connectivity index (χ1n) is 3.80. The maximum atomic E-state index is 4.92. The maximum absolute atomic E-state index is 4.92. The van der Waals surface area contributed by atoms with Crippen LogP contribution in [0.15, 0.2) is 35.2 Å². The van der Waals surface area contributed by atoms with E-state index in [1.165, 1.54) is 6.39 Å². The molecule has 64 valence electrons. The van der Waals surface area contributed by atoms with E-state index >= 15 is 0 Å². The molecular formula is C9H7N3O. The van der Waals surface area contributed by atoms with Crippen molar-refractivity contribution in [2.45, 2.75) is 0 Å². The van der Waals surface area contributed by atoms with Crippen LogP contribution >= 0.6 is 0 Å². The van der Waals surface area contributed by atoms with Crippen molar-refractivity contribution in [2.24, 2.45) is 0 Å². The molecule has 0 aliphatic heterocycles. The first-order chi connectivity index (χ1) is 6.45. The van der Waals surface area contributed by atoms with E-state index in [0.717, 1.165) is 5.69 Å². The Bertz CT molecular complexity index is 381. The van der Waals surface area contributed by atoms with Crippen LogP contribution in [0.5, 0.6) is 0 Å². The topological polar surface area (TPSA) is 51.8 Å². The van der Waals surface area contributed by atoms with Crippen LogP contribution in [0.2, 0.25) is 0 Å². The average Bonchev–Trinajstić information content (AvgIpc) is 2.69. The summed E-state index contributed by atoms with van der Waals surface area (Å²) in [6, 6.07) is 5.68. The van der Waals surface area contributed by atoms with E-state index in [4.69, 9.17) is 4.42 Å². The van der Waals surface area contributed by atoms with Crippen LogP contribution < -0.4 is 0 Å². The Morgan fingerprint density at radius 3 is 2.92 bits per heavy atom. The Kier molecular flexibility index (Phi) is 2.14. The third-order valence-corrected chi connectivity index (χ3v) is 1.46. The first-order valence-corrected chi connectivity index (χ1v) is 3.80. The molecular weight excluding hydrogens is 166 g/mol. The molecule has 0 aromatic carbocycles. The molecule has 0 radical (unpaired) electrons. The van der Waals surface area contributed by atoms with Crippen molar-refractivity contribution in [3.05, 3.63) is 42.4 Å². The van der Waals surface area contributed by atoms with Crippen LogP contribution in [0.3, 0.4) is 0 Å². The van der Waals surface area contributed by atoms with Gasteiger partial charge < -0.3 is 4.42 Å². The van der Waals surface area contributed by atoms with Gasteiger partial charge in [0.05, 0.1) is 5.69 Å². The Labute approximate surface area is 75.0 Å². The number of hydrogen-bond acceptors (Lipinski definition) is 4. The quantitative estimate of drug-likeness (QED) is 0.692. The molecule has 0 N–H and O–H groups in total. The van der Waals surface area contributed by atoms with E-state index < -0.39 is 0 Å². The highest BCUT2D eigenvalue weighted by Gasteiger charge is 1.90. The molecule has 2 aromatic heterocycles. The zero-order valence-electron chi connectivity index (χ0n) is 6.79. The van der Waals surface area contributed by atoms with Crippen molar-refractivity contribution in [1.82, 2.24) is 15.2 Å². The fourth-order valence-corrected chi connectivity index (χ4v) is 0.885. The van der Waals surface area contributed by atoms with Crippen LogP contribution in [-0.2, 0) is 0 Å². The molecule has 4 heteroatoms. The van der Waals surface area contributed by atoms with Gasteiger partial charge in [-0.15, -0.1) is 10.2 Å². The van der Waals surface area contributed by atoms with Crippen LogP contribution in [0, 0.1) is 0 Å². The molecule has 2 rings (SSSR count). The van der Waals surface area contributed by atoms with Gasteiger partial charge in [-0.05, 0) is 18.2 Å². The van der Waals surface area contributed by atoms with E-state index in [1.54, 1.807) is 12.3 Å². The van der Waals surface area contributed by atoms with Crippen molar-refractivity contribution in [3.63, 3.8) is 0 Å². The molecule has 0 spiro atoms.